The molecule has 0 aliphatic carbocycles. The first-order valence-electron chi connectivity index (χ1n) is 9.84. The molecule has 31 heavy (non-hydrogen) atoms. The van der Waals surface area contributed by atoms with E-state index in [0.717, 1.165) is 28.2 Å². The number of aliphatic hydroxyl groups is 1. The first kappa shape index (κ1) is 21.7. The van der Waals surface area contributed by atoms with Crippen LogP contribution in [-0.4, -0.2) is 18.0 Å². The fourth-order valence-corrected chi connectivity index (χ4v) is 2.73. The lowest BCUT2D eigenvalue weighted by Gasteiger charge is -2.06. The lowest BCUT2D eigenvalue weighted by Crippen LogP contribution is -1.94. The molecule has 0 aromatic heterocycles. The Balaban J connectivity index is 1.51. The zero-order valence-electron chi connectivity index (χ0n) is 17.3. The SMILES string of the molecule is COc1ccc(/C=C/C(O)=CC(=O)/C=C/c2ccc(OCc3ccccc3)cc2)cc1. The van der Waals surface area contributed by atoms with E-state index in [1.165, 1.54) is 18.2 Å². The van der Waals surface area contributed by atoms with E-state index in [1.807, 2.05) is 78.9 Å². The summed E-state index contributed by atoms with van der Waals surface area (Å²) in [7, 11) is 1.60. The molecule has 0 fully saturated rings. The van der Waals surface area contributed by atoms with Crippen molar-refractivity contribution in [2.75, 3.05) is 7.11 Å². The lowest BCUT2D eigenvalue weighted by atomic mass is 10.1. The number of aliphatic hydroxyl groups excluding tert-OH is 1. The van der Waals surface area contributed by atoms with E-state index in [9.17, 15) is 9.90 Å². The van der Waals surface area contributed by atoms with Crippen LogP contribution in [0.2, 0.25) is 0 Å². The molecule has 0 atom stereocenters. The molecule has 3 rings (SSSR count). The van der Waals surface area contributed by atoms with Gasteiger partial charge in [0.1, 0.15) is 23.9 Å². The summed E-state index contributed by atoms with van der Waals surface area (Å²) in [5.41, 5.74) is 2.85. The normalized spacial score (nSPS) is 11.7. The fraction of sp³-hybridized carbons (Fsp3) is 0.0741. The highest BCUT2D eigenvalue weighted by Crippen LogP contribution is 2.15. The number of hydrogen-bond acceptors (Lipinski definition) is 4. The highest BCUT2D eigenvalue weighted by Gasteiger charge is 1.98. The van der Waals surface area contributed by atoms with Crippen molar-refractivity contribution >= 4 is 17.9 Å². The topological polar surface area (TPSA) is 55.8 Å². The molecule has 0 radical (unpaired) electrons. The Morgan fingerprint density at radius 1 is 0.806 bits per heavy atom. The molecule has 0 bridgehead atoms. The first-order valence-corrected chi connectivity index (χ1v) is 9.84. The Hall–Kier alpha value is -4.05. The van der Waals surface area contributed by atoms with Gasteiger partial charge in [-0.25, -0.2) is 0 Å². The van der Waals surface area contributed by atoms with Gasteiger partial charge in [-0.15, -0.1) is 0 Å². The van der Waals surface area contributed by atoms with Gasteiger partial charge in [0.25, 0.3) is 0 Å². The molecule has 0 saturated carbocycles. The van der Waals surface area contributed by atoms with Crippen molar-refractivity contribution in [2.45, 2.75) is 6.61 Å². The van der Waals surface area contributed by atoms with Gasteiger partial charge in [-0.3, -0.25) is 4.79 Å². The van der Waals surface area contributed by atoms with Crippen molar-refractivity contribution < 1.29 is 19.4 Å². The third-order valence-corrected chi connectivity index (χ3v) is 4.42. The number of carbonyl (C=O) groups excluding carboxylic acids is 1. The summed E-state index contributed by atoms with van der Waals surface area (Å²) in [6, 6.07) is 24.8. The molecule has 0 heterocycles. The summed E-state index contributed by atoms with van der Waals surface area (Å²) in [6.45, 7) is 0.503. The molecule has 156 valence electrons. The summed E-state index contributed by atoms with van der Waals surface area (Å²) in [5, 5.41) is 9.95. The Labute approximate surface area is 182 Å². The van der Waals surface area contributed by atoms with Crippen molar-refractivity contribution in [3.05, 3.63) is 120 Å². The van der Waals surface area contributed by atoms with Crippen molar-refractivity contribution in [3.63, 3.8) is 0 Å². The van der Waals surface area contributed by atoms with Crippen molar-refractivity contribution in [1.29, 1.82) is 0 Å². The zero-order valence-corrected chi connectivity index (χ0v) is 17.3. The predicted molar refractivity (Wildman–Crippen MR) is 124 cm³/mol. The van der Waals surface area contributed by atoms with Crippen LogP contribution < -0.4 is 9.47 Å². The molecule has 3 aromatic carbocycles. The van der Waals surface area contributed by atoms with Crippen LogP contribution in [0.1, 0.15) is 16.7 Å². The van der Waals surface area contributed by atoms with Gasteiger partial charge in [0.15, 0.2) is 5.78 Å². The third-order valence-electron chi connectivity index (χ3n) is 4.42. The summed E-state index contributed by atoms with van der Waals surface area (Å²) in [5.74, 6) is 1.10. The molecule has 4 nitrogen and oxygen atoms in total. The van der Waals surface area contributed by atoms with Crippen LogP contribution in [0.3, 0.4) is 0 Å². The highest BCUT2D eigenvalue weighted by molar-refractivity contribution is 6.02. The number of ether oxygens (including phenoxy) is 2. The summed E-state index contributed by atoms with van der Waals surface area (Å²) < 4.78 is 10.9. The van der Waals surface area contributed by atoms with E-state index in [-0.39, 0.29) is 11.5 Å². The largest absolute Gasteiger partial charge is 0.508 e. The molecule has 0 amide bonds. The molecule has 0 aliphatic heterocycles. The van der Waals surface area contributed by atoms with E-state index in [0.29, 0.717) is 6.61 Å². The number of carbonyl (C=O) groups is 1. The van der Waals surface area contributed by atoms with Gasteiger partial charge in [0.2, 0.25) is 0 Å². The van der Waals surface area contributed by atoms with E-state index in [1.54, 1.807) is 19.3 Å². The smallest absolute Gasteiger partial charge is 0.182 e. The standard InChI is InChI=1S/C27H24O4/c1-30-26-15-9-21(10-16-26)7-13-24(28)19-25(29)14-8-22-11-17-27(18-12-22)31-20-23-5-3-2-4-6-23/h2-19,28H,20H2,1H3/b13-7+,14-8+,24-19?. The molecule has 4 heteroatoms. The number of rotatable bonds is 9. The highest BCUT2D eigenvalue weighted by atomic mass is 16.5. The van der Waals surface area contributed by atoms with Crippen LogP contribution in [0.4, 0.5) is 0 Å². The van der Waals surface area contributed by atoms with E-state index in [4.69, 9.17) is 9.47 Å². The second-order valence-electron chi connectivity index (χ2n) is 6.75. The number of methoxy groups -OCH3 is 1. The van der Waals surface area contributed by atoms with E-state index in [2.05, 4.69) is 0 Å². The van der Waals surface area contributed by atoms with Gasteiger partial charge in [0, 0.05) is 6.08 Å². The van der Waals surface area contributed by atoms with Crippen LogP contribution >= 0.6 is 0 Å². The Kier molecular flexibility index (Phi) is 7.83. The second-order valence-corrected chi connectivity index (χ2v) is 6.75. The van der Waals surface area contributed by atoms with Gasteiger partial charge < -0.3 is 14.6 Å². The number of hydrogen-bond donors (Lipinski definition) is 1. The summed E-state index contributed by atoms with van der Waals surface area (Å²) in [4.78, 5) is 12.0. The summed E-state index contributed by atoms with van der Waals surface area (Å²) >= 11 is 0. The van der Waals surface area contributed by atoms with Crippen LogP contribution in [0.5, 0.6) is 11.5 Å². The van der Waals surface area contributed by atoms with Crippen LogP contribution in [0.25, 0.3) is 12.2 Å². The van der Waals surface area contributed by atoms with Crippen molar-refractivity contribution in [2.24, 2.45) is 0 Å². The number of allylic oxidation sites excluding steroid dienone is 3. The monoisotopic (exact) mass is 412 g/mol. The van der Waals surface area contributed by atoms with Gasteiger partial charge in [-0.2, -0.15) is 0 Å². The average Bonchev–Trinajstić information content (AvgIpc) is 2.82. The van der Waals surface area contributed by atoms with Crippen LogP contribution in [-0.2, 0) is 11.4 Å². The second kappa shape index (κ2) is 11.2. The predicted octanol–water partition coefficient (Wildman–Crippen LogP) is 6.01. The Morgan fingerprint density at radius 3 is 2.00 bits per heavy atom. The fourth-order valence-electron chi connectivity index (χ4n) is 2.73. The maximum Gasteiger partial charge on any atom is 0.182 e. The Morgan fingerprint density at radius 2 is 1.39 bits per heavy atom. The van der Waals surface area contributed by atoms with Gasteiger partial charge in [-0.1, -0.05) is 66.7 Å². The minimum atomic E-state index is -0.304. The average molecular weight is 412 g/mol. The van der Waals surface area contributed by atoms with Gasteiger partial charge in [-0.05, 0) is 53.1 Å². The minimum Gasteiger partial charge on any atom is -0.508 e. The number of ketones is 1. The lowest BCUT2D eigenvalue weighted by molar-refractivity contribution is -0.110. The first-order chi connectivity index (χ1) is 15.1. The molecule has 0 aliphatic rings. The zero-order chi connectivity index (χ0) is 21.9. The molecule has 1 N–H and O–H groups in total. The maximum absolute atomic E-state index is 12.0. The quantitative estimate of drug-likeness (QED) is 0.266. The van der Waals surface area contributed by atoms with E-state index >= 15 is 0 Å². The van der Waals surface area contributed by atoms with E-state index < -0.39 is 0 Å². The molecule has 0 spiro atoms. The molecular weight excluding hydrogens is 388 g/mol. The Bertz CT molecular complexity index is 1060. The maximum atomic E-state index is 12.0. The molecule has 0 saturated heterocycles. The molecule has 3 aromatic rings. The van der Waals surface area contributed by atoms with Gasteiger partial charge >= 0.3 is 0 Å². The van der Waals surface area contributed by atoms with Crippen molar-refractivity contribution in [1.82, 2.24) is 0 Å². The van der Waals surface area contributed by atoms with Gasteiger partial charge in [0.05, 0.1) is 7.11 Å². The molecule has 0 unspecified atom stereocenters. The summed E-state index contributed by atoms with van der Waals surface area (Å²) in [6.07, 6.45) is 7.48. The minimum absolute atomic E-state index is 0.116. The van der Waals surface area contributed by atoms with Crippen molar-refractivity contribution in [3.8, 4) is 11.5 Å². The third kappa shape index (κ3) is 7.37. The van der Waals surface area contributed by atoms with Crippen LogP contribution in [0, 0.1) is 0 Å². The molecular formula is C27H24O4. The van der Waals surface area contributed by atoms with Crippen LogP contribution in [0.15, 0.2) is 103 Å². The number of benzene rings is 3.